The Morgan fingerprint density at radius 1 is 1.27 bits per heavy atom. The second-order valence-corrected chi connectivity index (χ2v) is 8.27. The lowest BCUT2D eigenvalue weighted by molar-refractivity contribution is -0.145. The molecule has 2 saturated heterocycles. The summed E-state index contributed by atoms with van der Waals surface area (Å²) in [7, 11) is 0. The summed E-state index contributed by atoms with van der Waals surface area (Å²) in [5.74, 6) is -0.844. The molecule has 1 aromatic rings. The van der Waals surface area contributed by atoms with E-state index in [-0.39, 0.29) is 23.8 Å². The van der Waals surface area contributed by atoms with Gasteiger partial charge in [-0.3, -0.25) is 9.59 Å². The maximum Gasteiger partial charge on any atom is 0.309 e. The van der Waals surface area contributed by atoms with Crippen LogP contribution < -0.4 is 0 Å². The summed E-state index contributed by atoms with van der Waals surface area (Å²) in [5.41, 5.74) is 0. The predicted molar refractivity (Wildman–Crippen MR) is 86.1 cm³/mol. The standard InChI is InChI=1S/C15H18BrNO4S/c16-12-2-1-11(22-12)14(18)17-6-3-9(4-7-17)13-10(15(19)20)5-8-21-13/h1-2,9-10,13H,3-8H2,(H,19,20)/t10?,13-/m0/s1. The number of aliphatic carboxylic acids is 1. The van der Waals surface area contributed by atoms with Crippen molar-refractivity contribution in [3.8, 4) is 0 Å². The molecule has 0 radical (unpaired) electrons. The highest BCUT2D eigenvalue weighted by Crippen LogP contribution is 2.34. The molecule has 1 amide bonds. The lowest BCUT2D eigenvalue weighted by atomic mass is 9.84. The Bertz CT molecular complexity index is 568. The fourth-order valence-electron chi connectivity index (χ4n) is 3.36. The Labute approximate surface area is 141 Å². The lowest BCUT2D eigenvalue weighted by Crippen LogP contribution is -2.43. The number of hydrogen-bond donors (Lipinski definition) is 1. The first kappa shape index (κ1) is 16.0. The Morgan fingerprint density at radius 3 is 2.59 bits per heavy atom. The summed E-state index contributed by atoms with van der Waals surface area (Å²) < 4.78 is 6.61. The van der Waals surface area contributed by atoms with Crippen molar-refractivity contribution in [1.29, 1.82) is 0 Å². The van der Waals surface area contributed by atoms with Gasteiger partial charge in [-0.05, 0) is 53.2 Å². The first-order chi connectivity index (χ1) is 10.6. The van der Waals surface area contributed by atoms with Crippen LogP contribution in [0.4, 0.5) is 0 Å². The van der Waals surface area contributed by atoms with Crippen molar-refractivity contribution in [2.75, 3.05) is 19.7 Å². The summed E-state index contributed by atoms with van der Waals surface area (Å²) in [4.78, 5) is 26.3. The van der Waals surface area contributed by atoms with E-state index >= 15 is 0 Å². The van der Waals surface area contributed by atoms with Gasteiger partial charge in [0.05, 0.1) is 20.7 Å². The topological polar surface area (TPSA) is 66.8 Å². The molecule has 1 aromatic heterocycles. The van der Waals surface area contributed by atoms with Crippen molar-refractivity contribution in [2.45, 2.75) is 25.4 Å². The van der Waals surface area contributed by atoms with Gasteiger partial charge in [0.25, 0.3) is 5.91 Å². The number of halogens is 1. The molecule has 2 atom stereocenters. The van der Waals surface area contributed by atoms with Gasteiger partial charge in [0.1, 0.15) is 0 Å². The average Bonchev–Trinajstić information content (AvgIpc) is 3.15. The fourth-order valence-corrected chi connectivity index (χ4v) is 4.71. The van der Waals surface area contributed by atoms with Gasteiger partial charge in [0.2, 0.25) is 0 Å². The number of likely N-dealkylation sites (tertiary alicyclic amines) is 1. The smallest absolute Gasteiger partial charge is 0.309 e. The van der Waals surface area contributed by atoms with E-state index in [4.69, 9.17) is 4.74 Å². The quantitative estimate of drug-likeness (QED) is 0.865. The molecule has 120 valence electrons. The van der Waals surface area contributed by atoms with Crippen LogP contribution >= 0.6 is 27.3 Å². The Kier molecular flexibility index (Phi) is 4.84. The summed E-state index contributed by atoms with van der Waals surface area (Å²) in [6.07, 6.45) is 2.03. The number of nitrogens with zero attached hydrogens (tertiary/aromatic N) is 1. The largest absolute Gasteiger partial charge is 0.481 e. The monoisotopic (exact) mass is 387 g/mol. The first-order valence-corrected chi connectivity index (χ1v) is 9.06. The normalized spacial score (nSPS) is 26.3. The summed E-state index contributed by atoms with van der Waals surface area (Å²) in [6, 6.07) is 3.72. The van der Waals surface area contributed by atoms with E-state index in [9.17, 15) is 14.7 Å². The molecular formula is C15H18BrNO4S. The zero-order chi connectivity index (χ0) is 15.7. The number of rotatable bonds is 3. The number of piperidine rings is 1. The van der Waals surface area contributed by atoms with Gasteiger partial charge in [0.15, 0.2) is 0 Å². The maximum atomic E-state index is 12.4. The number of amides is 1. The van der Waals surface area contributed by atoms with E-state index in [0.29, 0.717) is 26.1 Å². The van der Waals surface area contributed by atoms with Gasteiger partial charge < -0.3 is 14.7 Å². The minimum absolute atomic E-state index is 0.0660. The molecule has 3 rings (SSSR count). The molecule has 7 heteroatoms. The van der Waals surface area contributed by atoms with Gasteiger partial charge >= 0.3 is 5.97 Å². The second kappa shape index (κ2) is 6.68. The lowest BCUT2D eigenvalue weighted by Gasteiger charge is -2.35. The zero-order valence-corrected chi connectivity index (χ0v) is 14.4. The van der Waals surface area contributed by atoms with Crippen molar-refractivity contribution in [3.05, 3.63) is 20.8 Å². The molecule has 0 aliphatic carbocycles. The summed E-state index contributed by atoms with van der Waals surface area (Å²) in [5, 5.41) is 9.26. The molecule has 2 aliphatic heterocycles. The zero-order valence-electron chi connectivity index (χ0n) is 12.0. The highest BCUT2D eigenvalue weighted by molar-refractivity contribution is 9.11. The molecule has 2 fully saturated rings. The molecule has 0 saturated carbocycles. The van der Waals surface area contributed by atoms with E-state index in [1.54, 1.807) is 0 Å². The molecule has 5 nitrogen and oxygen atoms in total. The van der Waals surface area contributed by atoms with Crippen LogP contribution in [-0.2, 0) is 9.53 Å². The van der Waals surface area contributed by atoms with E-state index in [0.717, 1.165) is 21.5 Å². The number of carboxylic acids is 1. The van der Waals surface area contributed by atoms with Crippen LogP contribution in [0.1, 0.15) is 28.9 Å². The Morgan fingerprint density at radius 2 is 2.00 bits per heavy atom. The Hall–Kier alpha value is -0.920. The fraction of sp³-hybridized carbons (Fsp3) is 0.600. The van der Waals surface area contributed by atoms with Crippen LogP contribution in [0.2, 0.25) is 0 Å². The minimum atomic E-state index is -0.760. The summed E-state index contributed by atoms with van der Waals surface area (Å²) in [6.45, 7) is 1.88. The van der Waals surface area contributed by atoms with E-state index in [1.807, 2.05) is 17.0 Å². The molecular weight excluding hydrogens is 370 g/mol. The third-order valence-electron chi connectivity index (χ3n) is 4.53. The van der Waals surface area contributed by atoms with Crippen molar-refractivity contribution in [2.24, 2.45) is 11.8 Å². The molecule has 0 spiro atoms. The van der Waals surface area contributed by atoms with Crippen LogP contribution in [0.5, 0.6) is 0 Å². The van der Waals surface area contributed by atoms with Gasteiger partial charge in [-0.1, -0.05) is 0 Å². The van der Waals surface area contributed by atoms with E-state index < -0.39 is 5.97 Å². The molecule has 0 bridgehead atoms. The molecule has 3 heterocycles. The predicted octanol–water partition coefficient (Wildman–Crippen LogP) is 2.85. The second-order valence-electron chi connectivity index (χ2n) is 5.80. The molecule has 2 aliphatic rings. The van der Waals surface area contributed by atoms with Gasteiger partial charge in [-0.15, -0.1) is 11.3 Å². The molecule has 1 unspecified atom stereocenters. The number of carboxylic acid groups (broad SMARTS) is 1. The van der Waals surface area contributed by atoms with Gasteiger partial charge in [0, 0.05) is 19.7 Å². The van der Waals surface area contributed by atoms with Gasteiger partial charge in [-0.2, -0.15) is 0 Å². The summed E-state index contributed by atoms with van der Waals surface area (Å²) >= 11 is 4.82. The molecule has 0 aromatic carbocycles. The van der Waals surface area contributed by atoms with Crippen LogP contribution in [0.3, 0.4) is 0 Å². The SMILES string of the molecule is O=C(O)C1CCO[C@H]1C1CCN(C(=O)c2ccc(Br)s2)CC1. The maximum absolute atomic E-state index is 12.4. The molecule has 22 heavy (non-hydrogen) atoms. The number of carbonyl (C=O) groups excluding carboxylic acids is 1. The van der Waals surface area contributed by atoms with E-state index in [2.05, 4.69) is 15.9 Å². The number of carbonyl (C=O) groups is 2. The van der Waals surface area contributed by atoms with Crippen molar-refractivity contribution in [3.63, 3.8) is 0 Å². The number of thiophene rings is 1. The molecule has 1 N–H and O–H groups in total. The van der Waals surface area contributed by atoms with Crippen LogP contribution in [0.15, 0.2) is 15.9 Å². The minimum Gasteiger partial charge on any atom is -0.481 e. The highest BCUT2D eigenvalue weighted by atomic mass is 79.9. The van der Waals surface area contributed by atoms with Crippen LogP contribution in [0, 0.1) is 11.8 Å². The van der Waals surface area contributed by atoms with Crippen molar-refractivity contribution in [1.82, 2.24) is 4.90 Å². The number of ether oxygens (including phenoxy) is 1. The third kappa shape index (κ3) is 3.21. The van der Waals surface area contributed by atoms with Crippen LogP contribution in [-0.4, -0.2) is 47.7 Å². The van der Waals surface area contributed by atoms with Crippen LogP contribution in [0.25, 0.3) is 0 Å². The van der Waals surface area contributed by atoms with Gasteiger partial charge in [-0.25, -0.2) is 0 Å². The van der Waals surface area contributed by atoms with Crippen molar-refractivity contribution >= 4 is 39.1 Å². The first-order valence-electron chi connectivity index (χ1n) is 7.45. The Balaban J connectivity index is 1.58. The third-order valence-corrected chi connectivity index (χ3v) is 6.14. The van der Waals surface area contributed by atoms with Crippen molar-refractivity contribution < 1.29 is 19.4 Å². The average molecular weight is 388 g/mol. The highest BCUT2D eigenvalue weighted by Gasteiger charge is 2.40. The van der Waals surface area contributed by atoms with E-state index in [1.165, 1.54) is 11.3 Å². The number of hydrogen-bond acceptors (Lipinski definition) is 4.